The van der Waals surface area contributed by atoms with Crippen LogP contribution >= 0.6 is 0 Å². The van der Waals surface area contributed by atoms with E-state index in [0.717, 1.165) is 0 Å². The number of ether oxygens (including phenoxy) is 1. The summed E-state index contributed by atoms with van der Waals surface area (Å²) in [5.74, 6) is -1.84. The molecular formula is C16H16N2O5. The molecule has 1 aromatic heterocycles. The molecule has 1 amide bonds. The summed E-state index contributed by atoms with van der Waals surface area (Å²) >= 11 is 0. The predicted octanol–water partition coefficient (Wildman–Crippen LogP) is 1.85. The molecule has 0 saturated carbocycles. The van der Waals surface area contributed by atoms with Crippen molar-refractivity contribution in [3.8, 4) is 0 Å². The van der Waals surface area contributed by atoms with Gasteiger partial charge >= 0.3 is 11.9 Å². The van der Waals surface area contributed by atoms with Crippen molar-refractivity contribution >= 4 is 34.4 Å². The maximum absolute atomic E-state index is 12.0. The van der Waals surface area contributed by atoms with Crippen molar-refractivity contribution in [1.29, 1.82) is 0 Å². The van der Waals surface area contributed by atoms with Gasteiger partial charge in [0.05, 0.1) is 24.6 Å². The van der Waals surface area contributed by atoms with Crippen molar-refractivity contribution in [2.75, 3.05) is 19.1 Å². The number of fused-ring (bicyclic) bond motifs is 1. The SMILES string of the molecule is COC(=O)c1ccnc2ccc(N(C)C(=O)CCC(=O)O)cc12. The van der Waals surface area contributed by atoms with Gasteiger partial charge in [0, 0.05) is 30.7 Å². The van der Waals surface area contributed by atoms with E-state index in [1.807, 2.05) is 0 Å². The Morgan fingerprint density at radius 2 is 1.96 bits per heavy atom. The molecule has 23 heavy (non-hydrogen) atoms. The van der Waals surface area contributed by atoms with Crippen LogP contribution in [0.3, 0.4) is 0 Å². The normalized spacial score (nSPS) is 10.3. The molecule has 0 atom stereocenters. The van der Waals surface area contributed by atoms with Crippen molar-refractivity contribution < 1.29 is 24.2 Å². The van der Waals surface area contributed by atoms with Crippen LogP contribution in [0, 0.1) is 0 Å². The van der Waals surface area contributed by atoms with Gasteiger partial charge in [0.25, 0.3) is 0 Å². The summed E-state index contributed by atoms with van der Waals surface area (Å²) in [4.78, 5) is 39.9. The van der Waals surface area contributed by atoms with E-state index in [-0.39, 0.29) is 18.7 Å². The van der Waals surface area contributed by atoms with Crippen LogP contribution in [0.15, 0.2) is 30.5 Å². The first-order valence-electron chi connectivity index (χ1n) is 6.89. The van der Waals surface area contributed by atoms with Crippen LogP contribution in [0.5, 0.6) is 0 Å². The number of hydrogen-bond acceptors (Lipinski definition) is 5. The molecule has 0 aliphatic heterocycles. The second kappa shape index (κ2) is 6.87. The number of amides is 1. The Morgan fingerprint density at radius 1 is 1.22 bits per heavy atom. The molecule has 1 heterocycles. The van der Waals surface area contributed by atoms with Crippen LogP contribution in [0.2, 0.25) is 0 Å². The molecule has 0 fully saturated rings. The molecule has 0 bridgehead atoms. The third-order valence-corrected chi connectivity index (χ3v) is 3.44. The summed E-state index contributed by atoms with van der Waals surface area (Å²) in [5.41, 5.74) is 1.50. The van der Waals surface area contributed by atoms with Gasteiger partial charge in [-0.15, -0.1) is 0 Å². The van der Waals surface area contributed by atoms with E-state index in [2.05, 4.69) is 4.98 Å². The van der Waals surface area contributed by atoms with Crippen LogP contribution in [0.4, 0.5) is 5.69 Å². The summed E-state index contributed by atoms with van der Waals surface area (Å²) in [7, 11) is 2.85. The maximum atomic E-state index is 12.0. The van der Waals surface area contributed by atoms with Crippen molar-refractivity contribution in [2.45, 2.75) is 12.8 Å². The van der Waals surface area contributed by atoms with E-state index >= 15 is 0 Å². The van der Waals surface area contributed by atoms with Crippen LogP contribution in [-0.2, 0) is 14.3 Å². The number of methoxy groups -OCH3 is 1. The van der Waals surface area contributed by atoms with Gasteiger partial charge in [-0.3, -0.25) is 14.6 Å². The number of nitrogens with zero attached hydrogens (tertiary/aromatic N) is 2. The number of aliphatic carboxylic acids is 1. The Labute approximate surface area is 132 Å². The number of pyridine rings is 1. The average Bonchev–Trinajstić information content (AvgIpc) is 2.57. The standard InChI is InChI=1S/C16H16N2O5/c1-18(14(19)5-6-15(20)21)10-3-4-13-12(9-10)11(7-8-17-13)16(22)23-2/h3-4,7-9H,5-6H2,1-2H3,(H,20,21). The minimum atomic E-state index is -1.03. The highest BCUT2D eigenvalue weighted by Gasteiger charge is 2.16. The van der Waals surface area contributed by atoms with Gasteiger partial charge in [-0.05, 0) is 24.3 Å². The number of aromatic nitrogens is 1. The van der Waals surface area contributed by atoms with Crippen molar-refractivity contribution in [3.05, 3.63) is 36.0 Å². The van der Waals surface area contributed by atoms with E-state index < -0.39 is 11.9 Å². The zero-order valence-electron chi connectivity index (χ0n) is 12.8. The Kier molecular flexibility index (Phi) is 4.90. The molecule has 2 aromatic rings. The number of rotatable bonds is 5. The minimum Gasteiger partial charge on any atom is -0.481 e. The number of hydrogen-bond donors (Lipinski definition) is 1. The highest BCUT2D eigenvalue weighted by Crippen LogP contribution is 2.24. The molecule has 0 aliphatic rings. The number of carbonyl (C=O) groups is 3. The quantitative estimate of drug-likeness (QED) is 0.846. The zero-order chi connectivity index (χ0) is 17.0. The Hall–Kier alpha value is -2.96. The van der Waals surface area contributed by atoms with Crippen molar-refractivity contribution in [2.24, 2.45) is 0 Å². The van der Waals surface area contributed by atoms with Gasteiger partial charge < -0.3 is 14.7 Å². The number of benzene rings is 1. The monoisotopic (exact) mass is 316 g/mol. The summed E-state index contributed by atoms with van der Waals surface area (Å²) < 4.78 is 4.74. The Morgan fingerprint density at radius 3 is 2.61 bits per heavy atom. The number of carboxylic acids is 1. The fraction of sp³-hybridized carbons (Fsp3) is 0.250. The molecule has 0 unspecified atom stereocenters. The lowest BCUT2D eigenvalue weighted by molar-refractivity contribution is -0.138. The zero-order valence-corrected chi connectivity index (χ0v) is 12.8. The molecular weight excluding hydrogens is 300 g/mol. The minimum absolute atomic E-state index is 0.0965. The van der Waals surface area contributed by atoms with Crippen molar-refractivity contribution in [3.63, 3.8) is 0 Å². The van der Waals surface area contributed by atoms with Gasteiger partial charge in [-0.2, -0.15) is 0 Å². The number of esters is 1. The third kappa shape index (κ3) is 3.63. The fourth-order valence-corrected chi connectivity index (χ4v) is 2.16. The fourth-order valence-electron chi connectivity index (χ4n) is 2.16. The largest absolute Gasteiger partial charge is 0.481 e. The highest BCUT2D eigenvalue weighted by molar-refractivity contribution is 6.05. The van der Waals surface area contributed by atoms with E-state index in [1.165, 1.54) is 18.2 Å². The van der Waals surface area contributed by atoms with Gasteiger partial charge in [0.1, 0.15) is 0 Å². The molecule has 2 rings (SSSR count). The first kappa shape index (κ1) is 16.4. The summed E-state index contributed by atoms with van der Waals surface area (Å²) in [6.07, 6.45) is 1.18. The summed E-state index contributed by atoms with van der Waals surface area (Å²) in [6, 6.07) is 6.59. The van der Waals surface area contributed by atoms with E-state index in [1.54, 1.807) is 31.3 Å². The van der Waals surface area contributed by atoms with Crippen molar-refractivity contribution in [1.82, 2.24) is 4.98 Å². The Bertz CT molecular complexity index is 772. The van der Waals surface area contributed by atoms with Gasteiger partial charge in [-0.1, -0.05) is 0 Å². The first-order valence-corrected chi connectivity index (χ1v) is 6.89. The smallest absolute Gasteiger partial charge is 0.338 e. The average molecular weight is 316 g/mol. The van der Waals surface area contributed by atoms with Crippen LogP contribution in [-0.4, -0.2) is 42.1 Å². The van der Waals surface area contributed by atoms with Crippen LogP contribution in [0.1, 0.15) is 23.2 Å². The van der Waals surface area contributed by atoms with Gasteiger partial charge in [-0.25, -0.2) is 4.79 Å². The highest BCUT2D eigenvalue weighted by atomic mass is 16.5. The molecule has 0 aliphatic carbocycles. The summed E-state index contributed by atoms with van der Waals surface area (Å²) in [5, 5.41) is 9.21. The van der Waals surface area contributed by atoms with E-state index in [9.17, 15) is 14.4 Å². The predicted molar refractivity (Wildman–Crippen MR) is 83.4 cm³/mol. The van der Waals surface area contributed by atoms with Crippen LogP contribution in [0.25, 0.3) is 10.9 Å². The molecule has 7 nitrogen and oxygen atoms in total. The van der Waals surface area contributed by atoms with Crippen LogP contribution < -0.4 is 4.90 Å². The number of anilines is 1. The van der Waals surface area contributed by atoms with Gasteiger partial charge in [0.2, 0.25) is 5.91 Å². The maximum Gasteiger partial charge on any atom is 0.338 e. The van der Waals surface area contributed by atoms with E-state index in [4.69, 9.17) is 9.84 Å². The molecule has 7 heteroatoms. The topological polar surface area (TPSA) is 96.8 Å². The second-order valence-corrected chi connectivity index (χ2v) is 4.90. The first-order chi connectivity index (χ1) is 10.9. The summed E-state index contributed by atoms with van der Waals surface area (Å²) in [6.45, 7) is 0. The van der Waals surface area contributed by atoms with Gasteiger partial charge in [0.15, 0.2) is 0 Å². The molecule has 120 valence electrons. The molecule has 0 spiro atoms. The lowest BCUT2D eigenvalue weighted by Gasteiger charge is -2.18. The number of carbonyl (C=O) groups excluding carboxylic acids is 2. The number of carboxylic acid groups (broad SMARTS) is 1. The molecule has 0 radical (unpaired) electrons. The van der Waals surface area contributed by atoms with E-state index in [0.29, 0.717) is 22.2 Å². The molecule has 1 aromatic carbocycles. The Balaban J connectivity index is 2.37. The third-order valence-electron chi connectivity index (χ3n) is 3.44. The second-order valence-electron chi connectivity index (χ2n) is 4.90. The lowest BCUT2D eigenvalue weighted by atomic mass is 10.1. The molecule has 1 N–H and O–H groups in total. The molecule has 0 saturated heterocycles. The lowest BCUT2D eigenvalue weighted by Crippen LogP contribution is -2.26.